The van der Waals surface area contributed by atoms with Crippen molar-refractivity contribution in [1.29, 1.82) is 0 Å². The predicted molar refractivity (Wildman–Crippen MR) is 110 cm³/mol. The highest BCUT2D eigenvalue weighted by Crippen LogP contribution is 2.58. The number of nitrogens with one attached hydrogen (secondary N) is 2. The Labute approximate surface area is 166 Å². The highest BCUT2D eigenvalue weighted by molar-refractivity contribution is 5.73. The van der Waals surface area contributed by atoms with Crippen LogP contribution in [0.3, 0.4) is 0 Å². The lowest BCUT2D eigenvalue weighted by molar-refractivity contribution is 0.0780. The molecule has 146 valence electrons. The molecule has 1 unspecified atom stereocenters. The Kier molecular flexibility index (Phi) is 3.67. The molecule has 2 bridgehead atoms. The van der Waals surface area contributed by atoms with E-state index in [1.807, 2.05) is 6.07 Å². The molecule has 4 nitrogen and oxygen atoms in total. The highest BCUT2D eigenvalue weighted by Gasteiger charge is 2.52. The van der Waals surface area contributed by atoms with Gasteiger partial charge in [-0.2, -0.15) is 0 Å². The van der Waals surface area contributed by atoms with Crippen LogP contribution >= 0.6 is 0 Å². The topological polar surface area (TPSA) is 53.5 Å². The monoisotopic (exact) mass is 376 g/mol. The fourth-order valence-corrected chi connectivity index (χ4v) is 6.57. The van der Waals surface area contributed by atoms with Crippen molar-refractivity contribution in [1.82, 2.24) is 5.32 Å². The number of fused-ring (bicyclic) bond motifs is 3. The first-order chi connectivity index (χ1) is 13.8. The summed E-state index contributed by atoms with van der Waals surface area (Å²) >= 11 is 0. The Morgan fingerprint density at radius 3 is 2.89 bits per heavy atom. The van der Waals surface area contributed by atoms with Crippen molar-refractivity contribution in [3.63, 3.8) is 0 Å². The molecule has 2 aliphatic heterocycles. The summed E-state index contributed by atoms with van der Waals surface area (Å²) in [4.78, 5) is 0. The van der Waals surface area contributed by atoms with Gasteiger partial charge < -0.3 is 20.5 Å². The Morgan fingerprint density at radius 1 is 1.11 bits per heavy atom. The molecule has 2 aliphatic carbocycles. The van der Waals surface area contributed by atoms with Crippen molar-refractivity contribution >= 4 is 5.69 Å². The fourth-order valence-electron chi connectivity index (χ4n) is 6.57. The fraction of sp³-hybridized carbons (Fsp3) is 0.500. The lowest BCUT2D eigenvalue weighted by atomic mass is 9.52. The minimum atomic E-state index is 0.0689. The van der Waals surface area contributed by atoms with Gasteiger partial charge in [-0.1, -0.05) is 43.2 Å². The first-order valence-corrected chi connectivity index (χ1v) is 10.8. The predicted octanol–water partition coefficient (Wildman–Crippen LogP) is 4.28. The van der Waals surface area contributed by atoms with Crippen molar-refractivity contribution < 1.29 is 9.84 Å². The van der Waals surface area contributed by atoms with E-state index in [-0.39, 0.29) is 11.5 Å². The van der Waals surface area contributed by atoms with Crippen LogP contribution in [0, 0.1) is 5.92 Å². The Morgan fingerprint density at radius 2 is 2.00 bits per heavy atom. The van der Waals surface area contributed by atoms with Gasteiger partial charge in [0.15, 0.2) is 0 Å². The number of aromatic hydroxyl groups is 1. The second-order valence-corrected chi connectivity index (χ2v) is 9.07. The number of hydrogen-bond acceptors (Lipinski definition) is 4. The third kappa shape index (κ3) is 2.27. The zero-order valence-corrected chi connectivity index (χ0v) is 16.2. The van der Waals surface area contributed by atoms with Gasteiger partial charge in [0.2, 0.25) is 0 Å². The van der Waals surface area contributed by atoms with Crippen LogP contribution in [-0.4, -0.2) is 24.3 Å². The zero-order valence-electron chi connectivity index (χ0n) is 16.2. The van der Waals surface area contributed by atoms with E-state index >= 15 is 0 Å². The van der Waals surface area contributed by atoms with Crippen molar-refractivity contribution in [2.45, 2.75) is 56.0 Å². The molecule has 2 heterocycles. The largest absolute Gasteiger partial charge is 0.506 e. The van der Waals surface area contributed by atoms with E-state index in [1.54, 1.807) is 0 Å². The maximum atomic E-state index is 11.0. The van der Waals surface area contributed by atoms with E-state index in [4.69, 9.17) is 4.74 Å². The molecule has 0 aromatic heterocycles. The van der Waals surface area contributed by atoms with E-state index in [1.165, 1.54) is 48.8 Å². The number of benzene rings is 2. The molecular weight excluding hydrogens is 348 g/mol. The summed E-state index contributed by atoms with van der Waals surface area (Å²) in [7, 11) is 0. The number of phenols is 1. The van der Waals surface area contributed by atoms with E-state index < -0.39 is 0 Å². The van der Waals surface area contributed by atoms with Gasteiger partial charge in [-0.05, 0) is 55.3 Å². The summed E-state index contributed by atoms with van der Waals surface area (Å²) in [6.07, 6.45) is 7.40. The van der Waals surface area contributed by atoms with E-state index in [2.05, 4.69) is 41.0 Å². The molecular formula is C24H28N2O2. The molecule has 6 rings (SSSR count). The lowest BCUT2D eigenvalue weighted by Gasteiger charge is -2.56. The summed E-state index contributed by atoms with van der Waals surface area (Å²) in [6, 6.07) is 13.1. The van der Waals surface area contributed by atoms with Crippen molar-refractivity contribution in [3.05, 3.63) is 53.1 Å². The summed E-state index contributed by atoms with van der Waals surface area (Å²) in [5, 5.41) is 18.4. The van der Waals surface area contributed by atoms with Crippen LogP contribution in [0.25, 0.3) is 0 Å². The summed E-state index contributed by atoms with van der Waals surface area (Å²) in [6.45, 7) is 1.69. The van der Waals surface area contributed by atoms with Gasteiger partial charge in [-0.15, -0.1) is 0 Å². The van der Waals surface area contributed by atoms with Crippen LogP contribution < -0.4 is 15.4 Å². The van der Waals surface area contributed by atoms with Gasteiger partial charge >= 0.3 is 0 Å². The Balaban J connectivity index is 1.45. The van der Waals surface area contributed by atoms with Gasteiger partial charge in [0.05, 0.1) is 6.04 Å². The van der Waals surface area contributed by atoms with Gasteiger partial charge in [0.1, 0.15) is 23.8 Å². The van der Waals surface area contributed by atoms with Crippen molar-refractivity contribution in [2.24, 2.45) is 5.92 Å². The minimum absolute atomic E-state index is 0.0689. The van der Waals surface area contributed by atoms with Crippen LogP contribution in [-0.2, 0) is 11.8 Å². The molecule has 2 aromatic carbocycles. The molecule has 2 fully saturated rings. The first-order valence-electron chi connectivity index (χ1n) is 10.8. The van der Waals surface area contributed by atoms with Crippen LogP contribution in [0.1, 0.15) is 54.8 Å². The average Bonchev–Trinajstić information content (AvgIpc) is 2.75. The summed E-state index contributed by atoms with van der Waals surface area (Å²) in [5.41, 5.74) is 4.92. The second-order valence-electron chi connectivity index (χ2n) is 9.07. The molecule has 28 heavy (non-hydrogen) atoms. The lowest BCUT2D eigenvalue weighted by Crippen LogP contribution is -2.59. The van der Waals surface area contributed by atoms with Crippen molar-refractivity contribution in [3.8, 4) is 11.5 Å². The number of ether oxygens (including phenoxy) is 1. The number of phenolic OH excluding ortho intramolecular Hbond substituents is 1. The third-order valence-corrected chi connectivity index (χ3v) is 7.80. The van der Waals surface area contributed by atoms with E-state index in [9.17, 15) is 5.11 Å². The van der Waals surface area contributed by atoms with Crippen molar-refractivity contribution in [2.75, 3.05) is 18.5 Å². The Bertz CT molecular complexity index is 909. The third-order valence-electron chi connectivity index (χ3n) is 7.80. The Hall–Kier alpha value is -2.20. The second kappa shape index (κ2) is 6.15. The zero-order chi connectivity index (χ0) is 18.7. The molecule has 4 atom stereocenters. The van der Waals surface area contributed by atoms with Crippen LogP contribution in [0.5, 0.6) is 11.5 Å². The van der Waals surface area contributed by atoms with Gasteiger partial charge in [-0.25, -0.2) is 0 Å². The molecule has 0 radical (unpaired) electrons. The molecule has 4 heteroatoms. The van der Waals surface area contributed by atoms with Crippen LogP contribution in [0.2, 0.25) is 0 Å². The molecule has 1 saturated heterocycles. The summed E-state index contributed by atoms with van der Waals surface area (Å²) < 4.78 is 6.36. The molecule has 4 aliphatic rings. The van der Waals surface area contributed by atoms with Crippen LogP contribution in [0.15, 0.2) is 36.4 Å². The molecule has 0 amide bonds. The maximum absolute atomic E-state index is 11.0. The van der Waals surface area contributed by atoms with Gasteiger partial charge in [-0.3, -0.25) is 0 Å². The van der Waals surface area contributed by atoms with Crippen LogP contribution in [0.4, 0.5) is 5.69 Å². The highest BCUT2D eigenvalue weighted by atomic mass is 16.5. The van der Waals surface area contributed by atoms with Gasteiger partial charge in [0.25, 0.3) is 0 Å². The SMILES string of the molecule is Oc1cc2c(c3c1NC(c1ccccc1)CO3)C[C@@H]1NCC[C@]23CCCC[C@H]13. The average molecular weight is 377 g/mol. The molecule has 2 aromatic rings. The molecule has 1 saturated carbocycles. The quantitative estimate of drug-likeness (QED) is 0.650. The van der Waals surface area contributed by atoms with E-state index in [0.29, 0.717) is 24.3 Å². The summed E-state index contributed by atoms with van der Waals surface area (Å²) in [5.74, 6) is 1.96. The number of rotatable bonds is 1. The minimum Gasteiger partial charge on any atom is -0.506 e. The maximum Gasteiger partial charge on any atom is 0.149 e. The smallest absolute Gasteiger partial charge is 0.149 e. The normalized spacial score (nSPS) is 32.9. The standard InChI is InChI=1S/C24H28N2O2/c27-21-13-18-16(12-19-17-8-4-5-9-24(17,18)10-11-25-19)23-22(21)26-20(14-28-23)15-6-2-1-3-7-15/h1-3,6-7,13,17,19-20,25-27H,4-5,8-12,14H2/t17-,19+,20?,24+/m1/s1. The van der Waals surface area contributed by atoms with Gasteiger partial charge in [0, 0.05) is 17.0 Å². The number of hydrogen-bond donors (Lipinski definition) is 3. The van der Waals surface area contributed by atoms with E-state index in [0.717, 1.165) is 24.4 Å². The number of anilines is 1. The number of piperidine rings is 1. The molecule has 3 N–H and O–H groups in total. The first kappa shape index (κ1) is 16.7. The molecule has 0 spiro atoms.